The van der Waals surface area contributed by atoms with E-state index in [1.165, 1.54) is 7.11 Å². The van der Waals surface area contributed by atoms with Gasteiger partial charge in [0.25, 0.3) is 11.5 Å². The third kappa shape index (κ3) is 4.26. The molecule has 9 heteroatoms. The topological polar surface area (TPSA) is 99.7 Å². The summed E-state index contributed by atoms with van der Waals surface area (Å²) in [5, 5.41) is 3.84. The molecular formula is C28H35N5O4. The van der Waals surface area contributed by atoms with Crippen molar-refractivity contribution in [2.24, 2.45) is 5.92 Å². The van der Waals surface area contributed by atoms with Crippen molar-refractivity contribution < 1.29 is 14.3 Å². The molecule has 0 bridgehead atoms. The van der Waals surface area contributed by atoms with E-state index >= 15 is 0 Å². The molecule has 1 aromatic carbocycles. The number of carbonyl (C=O) groups is 2. The molecule has 3 amide bonds. The van der Waals surface area contributed by atoms with Crippen molar-refractivity contribution in [3.63, 3.8) is 0 Å². The number of rotatable bonds is 6. The van der Waals surface area contributed by atoms with Crippen LogP contribution in [0.3, 0.4) is 0 Å². The molecule has 37 heavy (non-hydrogen) atoms. The standard InChI is InChI=1S/C28H35N5O4/c1-16-12-24(37-5)22(26(34)30-16)14-29-27(35)25-18(3)33(23-9-7-6-8-21(23)25)17(2)19-10-11-32-20(13-19)15-31(4)28(32)36/h6-9,12,17,19-20H,10-11,13-15H2,1-5H3,(H,29,35)(H,30,34). The van der Waals surface area contributed by atoms with Crippen molar-refractivity contribution in [2.75, 3.05) is 27.2 Å². The van der Waals surface area contributed by atoms with Crippen molar-refractivity contribution in [3.05, 3.63) is 63.2 Å². The highest BCUT2D eigenvalue weighted by molar-refractivity contribution is 6.08. The van der Waals surface area contributed by atoms with Gasteiger partial charge in [0, 0.05) is 48.5 Å². The number of ether oxygens (including phenoxy) is 1. The fourth-order valence-electron chi connectivity index (χ4n) is 6.26. The number of nitrogens with one attached hydrogen (secondary N) is 2. The van der Waals surface area contributed by atoms with E-state index < -0.39 is 0 Å². The normalized spacial score (nSPS) is 20.3. The number of amides is 3. The van der Waals surface area contributed by atoms with E-state index in [1.807, 2.05) is 42.0 Å². The number of pyridine rings is 1. The first kappa shape index (κ1) is 24.9. The van der Waals surface area contributed by atoms with Gasteiger partial charge in [0.1, 0.15) is 5.75 Å². The summed E-state index contributed by atoms with van der Waals surface area (Å²) in [6.07, 6.45) is 1.88. The highest BCUT2D eigenvalue weighted by atomic mass is 16.5. The van der Waals surface area contributed by atoms with Crippen LogP contribution in [0.15, 0.2) is 35.1 Å². The van der Waals surface area contributed by atoms with Crippen LogP contribution in [0.25, 0.3) is 10.9 Å². The summed E-state index contributed by atoms with van der Waals surface area (Å²) >= 11 is 0. The zero-order valence-electron chi connectivity index (χ0n) is 22.1. The summed E-state index contributed by atoms with van der Waals surface area (Å²) in [5.41, 5.74) is 3.36. The summed E-state index contributed by atoms with van der Waals surface area (Å²) in [5.74, 6) is 0.623. The Labute approximate surface area is 216 Å². The molecule has 2 fully saturated rings. The van der Waals surface area contributed by atoms with E-state index in [0.29, 0.717) is 28.5 Å². The second-order valence-corrected chi connectivity index (χ2v) is 10.4. The van der Waals surface area contributed by atoms with Crippen LogP contribution in [0.1, 0.15) is 53.1 Å². The molecule has 196 valence electrons. The van der Waals surface area contributed by atoms with E-state index in [0.717, 1.165) is 42.5 Å². The van der Waals surface area contributed by atoms with Crippen LogP contribution < -0.4 is 15.6 Å². The van der Waals surface area contributed by atoms with Gasteiger partial charge in [-0.25, -0.2) is 4.79 Å². The highest BCUT2D eigenvalue weighted by Crippen LogP contribution is 2.38. The molecule has 2 aliphatic heterocycles. The second-order valence-electron chi connectivity index (χ2n) is 10.4. The number of aromatic amines is 1. The zero-order valence-corrected chi connectivity index (χ0v) is 22.1. The van der Waals surface area contributed by atoms with E-state index in [9.17, 15) is 14.4 Å². The smallest absolute Gasteiger partial charge is 0.320 e. The number of likely N-dealkylation sites (N-methyl/N-ethyl adjacent to an activating group) is 1. The first-order chi connectivity index (χ1) is 17.7. The van der Waals surface area contributed by atoms with Crippen LogP contribution in [0.2, 0.25) is 0 Å². The summed E-state index contributed by atoms with van der Waals surface area (Å²) in [4.78, 5) is 45.1. The summed E-state index contributed by atoms with van der Waals surface area (Å²) in [7, 11) is 3.39. The van der Waals surface area contributed by atoms with Gasteiger partial charge in [-0.1, -0.05) is 18.2 Å². The average molecular weight is 506 g/mol. The minimum atomic E-state index is -0.271. The maximum absolute atomic E-state index is 13.5. The Morgan fingerprint density at radius 3 is 2.76 bits per heavy atom. The first-order valence-electron chi connectivity index (χ1n) is 12.9. The van der Waals surface area contributed by atoms with Crippen LogP contribution in [0.5, 0.6) is 5.75 Å². The van der Waals surface area contributed by atoms with E-state index in [2.05, 4.69) is 27.9 Å². The maximum Gasteiger partial charge on any atom is 0.320 e. The fourth-order valence-corrected chi connectivity index (χ4v) is 6.26. The minimum absolute atomic E-state index is 0.0633. The number of nitrogens with zero attached hydrogens (tertiary/aromatic N) is 3. The second kappa shape index (κ2) is 9.61. The molecule has 5 rings (SSSR count). The monoisotopic (exact) mass is 505 g/mol. The number of para-hydroxylation sites is 1. The van der Waals surface area contributed by atoms with Gasteiger partial charge in [-0.3, -0.25) is 9.59 Å². The van der Waals surface area contributed by atoms with Crippen LogP contribution >= 0.6 is 0 Å². The van der Waals surface area contributed by atoms with Gasteiger partial charge in [0.05, 0.1) is 30.8 Å². The van der Waals surface area contributed by atoms with Gasteiger partial charge in [-0.2, -0.15) is 0 Å². The van der Waals surface area contributed by atoms with Gasteiger partial charge in [-0.15, -0.1) is 0 Å². The molecule has 2 saturated heterocycles. The molecule has 0 aliphatic carbocycles. The third-order valence-electron chi connectivity index (χ3n) is 8.16. The van der Waals surface area contributed by atoms with Gasteiger partial charge >= 0.3 is 6.03 Å². The summed E-state index contributed by atoms with van der Waals surface area (Å²) < 4.78 is 7.66. The average Bonchev–Trinajstić information content (AvgIpc) is 3.33. The molecule has 2 N–H and O–H groups in total. The Bertz CT molecular complexity index is 1420. The lowest BCUT2D eigenvalue weighted by atomic mass is 9.86. The van der Waals surface area contributed by atoms with Crippen LogP contribution in [0.4, 0.5) is 4.79 Å². The molecule has 3 aromatic rings. The quantitative estimate of drug-likeness (QED) is 0.535. The lowest BCUT2D eigenvalue weighted by Crippen LogP contribution is -2.43. The molecule has 2 aromatic heterocycles. The van der Waals surface area contributed by atoms with E-state index in [-0.39, 0.29) is 36.1 Å². The Morgan fingerprint density at radius 1 is 1.24 bits per heavy atom. The number of benzene rings is 1. The number of aryl methyl sites for hydroxylation is 1. The number of H-pyrrole nitrogens is 1. The number of hydrogen-bond acceptors (Lipinski definition) is 4. The molecule has 2 aliphatic rings. The molecule has 4 heterocycles. The Balaban J connectivity index is 1.43. The lowest BCUT2D eigenvalue weighted by molar-refractivity contribution is 0.0950. The molecule has 3 unspecified atom stereocenters. The largest absolute Gasteiger partial charge is 0.496 e. The number of hydrogen-bond donors (Lipinski definition) is 2. The van der Waals surface area contributed by atoms with Crippen molar-refractivity contribution in [3.8, 4) is 5.75 Å². The van der Waals surface area contributed by atoms with Crippen molar-refractivity contribution in [1.82, 2.24) is 24.7 Å². The molecular weight excluding hydrogens is 470 g/mol. The van der Waals surface area contributed by atoms with Gasteiger partial charge < -0.3 is 29.4 Å². The van der Waals surface area contributed by atoms with Gasteiger partial charge in [-0.05, 0) is 51.7 Å². The Morgan fingerprint density at radius 2 is 2.00 bits per heavy atom. The predicted molar refractivity (Wildman–Crippen MR) is 142 cm³/mol. The minimum Gasteiger partial charge on any atom is -0.496 e. The van der Waals surface area contributed by atoms with Crippen molar-refractivity contribution >= 4 is 22.8 Å². The molecule has 0 spiro atoms. The van der Waals surface area contributed by atoms with Crippen molar-refractivity contribution in [2.45, 2.75) is 52.2 Å². The number of aromatic nitrogens is 2. The zero-order chi connectivity index (χ0) is 26.4. The van der Waals surface area contributed by atoms with Crippen LogP contribution in [0, 0.1) is 19.8 Å². The summed E-state index contributed by atoms with van der Waals surface area (Å²) in [6.45, 7) is 7.60. The molecule has 3 atom stereocenters. The Hall–Kier alpha value is -3.75. The number of urea groups is 1. The van der Waals surface area contributed by atoms with Crippen LogP contribution in [-0.4, -0.2) is 64.6 Å². The third-order valence-corrected chi connectivity index (χ3v) is 8.16. The van der Waals surface area contributed by atoms with E-state index in [4.69, 9.17) is 4.74 Å². The number of fused-ring (bicyclic) bond motifs is 2. The number of methoxy groups -OCH3 is 1. The predicted octanol–water partition coefficient (Wildman–Crippen LogP) is 3.59. The van der Waals surface area contributed by atoms with Gasteiger partial charge in [0.2, 0.25) is 0 Å². The molecule has 9 nitrogen and oxygen atoms in total. The van der Waals surface area contributed by atoms with Gasteiger partial charge in [0.15, 0.2) is 0 Å². The SMILES string of the molecule is COc1cc(C)[nH]c(=O)c1CNC(=O)c1c(C)n(C(C)C2CCN3C(=O)N(C)CC3C2)c2ccccc12. The fraction of sp³-hybridized carbons (Fsp3) is 0.464. The van der Waals surface area contributed by atoms with E-state index in [1.54, 1.807) is 13.0 Å². The molecule has 0 radical (unpaired) electrons. The van der Waals surface area contributed by atoms with Crippen LogP contribution in [-0.2, 0) is 6.54 Å². The highest BCUT2D eigenvalue weighted by Gasteiger charge is 2.41. The lowest BCUT2D eigenvalue weighted by Gasteiger charge is -2.37. The summed E-state index contributed by atoms with van der Waals surface area (Å²) in [6, 6.07) is 10.3. The number of piperidine rings is 1. The number of carbonyl (C=O) groups excluding carboxylic acids is 2. The molecule has 0 saturated carbocycles. The first-order valence-corrected chi connectivity index (χ1v) is 12.9. The Kier molecular flexibility index (Phi) is 6.47. The van der Waals surface area contributed by atoms with Crippen molar-refractivity contribution in [1.29, 1.82) is 0 Å². The maximum atomic E-state index is 13.5.